The van der Waals surface area contributed by atoms with Crippen LogP contribution in [0, 0.1) is 11.0 Å². The Bertz CT molecular complexity index is 1020. The lowest BCUT2D eigenvalue weighted by atomic mass is 9.86. The topological polar surface area (TPSA) is 93.2 Å². The Balaban J connectivity index is 1.91. The van der Waals surface area contributed by atoms with E-state index in [0.29, 0.717) is 36.8 Å². The van der Waals surface area contributed by atoms with Crippen molar-refractivity contribution in [3.8, 4) is 0 Å². The first-order valence-electron chi connectivity index (χ1n) is 8.69. The maximum Gasteiger partial charge on any atom is 0.257 e. The molecule has 148 valence electrons. The zero-order chi connectivity index (χ0) is 20.3. The summed E-state index contributed by atoms with van der Waals surface area (Å²) in [6, 6.07) is 6.02. The van der Waals surface area contributed by atoms with Crippen molar-refractivity contribution in [2.45, 2.75) is 30.6 Å². The van der Waals surface area contributed by atoms with Crippen molar-refractivity contribution in [3.63, 3.8) is 0 Å². The van der Waals surface area contributed by atoms with Gasteiger partial charge in [0.2, 0.25) is 0 Å². The highest BCUT2D eigenvalue weighted by atomic mass is 32.2. The quantitative estimate of drug-likeness (QED) is 0.745. The van der Waals surface area contributed by atoms with Gasteiger partial charge in [-0.1, -0.05) is 29.5 Å². The monoisotopic (exact) mass is 422 g/mol. The van der Waals surface area contributed by atoms with Crippen LogP contribution in [-0.2, 0) is 19.4 Å². The molecule has 1 fully saturated rings. The van der Waals surface area contributed by atoms with Gasteiger partial charge in [-0.15, -0.1) is 0 Å². The van der Waals surface area contributed by atoms with E-state index in [1.54, 1.807) is 18.2 Å². The maximum atomic E-state index is 13.2. The Labute approximate surface area is 166 Å². The highest BCUT2D eigenvalue weighted by Gasteiger charge is 2.21. The number of nitrogens with one attached hydrogen (secondary N) is 1. The van der Waals surface area contributed by atoms with E-state index in [1.165, 1.54) is 12.1 Å². The average molecular weight is 423 g/mol. The minimum absolute atomic E-state index is 0.0565. The zero-order valence-corrected chi connectivity index (χ0v) is 16.8. The smallest absolute Gasteiger partial charge is 0.257 e. The predicted molar refractivity (Wildman–Crippen MR) is 105 cm³/mol. The number of nitrogens with zero attached hydrogens (tertiary/aromatic N) is 1. The number of carbonyl (C=O) groups is 2. The van der Waals surface area contributed by atoms with Crippen molar-refractivity contribution in [2.75, 3.05) is 11.6 Å². The number of hydrogen-bond donors (Lipinski definition) is 1. The predicted octanol–water partition coefficient (Wildman–Crippen LogP) is 3.47. The number of carbonyl (C=O) groups excluding carboxylic acids is 2. The van der Waals surface area contributed by atoms with Gasteiger partial charge in [-0.25, -0.2) is 13.4 Å². The second-order valence-electron chi connectivity index (χ2n) is 6.68. The van der Waals surface area contributed by atoms with E-state index in [1.807, 2.05) is 0 Å². The van der Waals surface area contributed by atoms with Crippen molar-refractivity contribution in [1.29, 1.82) is 0 Å². The first-order chi connectivity index (χ1) is 13.2. The Kier molecular flexibility index (Phi) is 6.04. The molecule has 0 bridgehead atoms. The standard InChI is InChI=1S/C19H19FN2O4S2/c1-28(25,26)15-8-4-13(5-9-15)16(10-12-2-6-14(23)7-3-12)18(24)22-19-21-11-17(20)27-19/h4-5,8-12H,2-3,6-7H2,1H3,(H,21,22,24). The van der Waals surface area contributed by atoms with Gasteiger partial charge in [-0.05, 0) is 36.5 Å². The van der Waals surface area contributed by atoms with Crippen LogP contribution in [0.4, 0.5) is 9.52 Å². The van der Waals surface area contributed by atoms with Crippen LogP contribution in [0.25, 0.3) is 5.57 Å². The SMILES string of the molecule is CS(=O)(=O)c1ccc(C(=CC2CCC(=O)CC2)C(=O)Nc2ncc(F)s2)cc1. The van der Waals surface area contributed by atoms with E-state index in [0.717, 1.165) is 23.8 Å². The molecule has 0 saturated heterocycles. The lowest BCUT2D eigenvalue weighted by Gasteiger charge is -2.19. The molecule has 1 aliphatic carbocycles. The highest BCUT2D eigenvalue weighted by molar-refractivity contribution is 7.90. The number of sulfone groups is 1. The Hall–Kier alpha value is -2.39. The molecular weight excluding hydrogens is 403 g/mol. The summed E-state index contributed by atoms with van der Waals surface area (Å²) in [5.41, 5.74) is 0.883. The fraction of sp³-hybridized carbons (Fsp3) is 0.316. The number of hydrogen-bond acceptors (Lipinski definition) is 6. The Morgan fingerprint density at radius 1 is 1.25 bits per heavy atom. The second kappa shape index (κ2) is 8.32. The fourth-order valence-electron chi connectivity index (χ4n) is 3.03. The minimum Gasteiger partial charge on any atom is -0.300 e. The molecule has 0 aliphatic heterocycles. The first kappa shape index (κ1) is 20.3. The van der Waals surface area contributed by atoms with E-state index >= 15 is 0 Å². The molecule has 1 amide bonds. The molecule has 1 N–H and O–H groups in total. The zero-order valence-electron chi connectivity index (χ0n) is 15.1. The van der Waals surface area contributed by atoms with Crippen LogP contribution in [0.15, 0.2) is 41.4 Å². The van der Waals surface area contributed by atoms with Crippen LogP contribution >= 0.6 is 11.3 Å². The number of amides is 1. The average Bonchev–Trinajstić information content (AvgIpc) is 3.05. The van der Waals surface area contributed by atoms with Gasteiger partial charge in [-0.2, -0.15) is 4.39 Å². The maximum absolute atomic E-state index is 13.2. The summed E-state index contributed by atoms with van der Waals surface area (Å²) in [4.78, 5) is 28.2. The molecule has 2 aromatic rings. The summed E-state index contributed by atoms with van der Waals surface area (Å²) in [5, 5.41) is 2.21. The Morgan fingerprint density at radius 3 is 2.43 bits per heavy atom. The molecule has 3 rings (SSSR count). The third-order valence-electron chi connectivity index (χ3n) is 4.53. The number of allylic oxidation sites excluding steroid dienone is 1. The van der Waals surface area contributed by atoms with E-state index in [9.17, 15) is 22.4 Å². The van der Waals surface area contributed by atoms with Crippen molar-refractivity contribution in [2.24, 2.45) is 5.92 Å². The van der Waals surface area contributed by atoms with Gasteiger partial charge in [0.25, 0.3) is 5.91 Å². The van der Waals surface area contributed by atoms with Gasteiger partial charge < -0.3 is 0 Å². The number of Topliss-reactive ketones (excluding diaryl/α,β-unsaturated/α-hetero) is 1. The number of ketones is 1. The van der Waals surface area contributed by atoms with Crippen LogP contribution in [0.5, 0.6) is 0 Å². The highest BCUT2D eigenvalue weighted by Crippen LogP contribution is 2.28. The molecule has 1 aromatic heterocycles. The van der Waals surface area contributed by atoms with Gasteiger partial charge in [0, 0.05) is 24.7 Å². The lowest BCUT2D eigenvalue weighted by molar-refractivity contribution is -0.120. The molecule has 1 saturated carbocycles. The molecule has 0 spiro atoms. The lowest BCUT2D eigenvalue weighted by Crippen LogP contribution is -2.17. The van der Waals surface area contributed by atoms with E-state index in [4.69, 9.17) is 0 Å². The normalized spacial score (nSPS) is 16.2. The third-order valence-corrected chi connectivity index (χ3v) is 6.36. The molecule has 0 unspecified atom stereocenters. The van der Waals surface area contributed by atoms with Crippen molar-refractivity contribution >= 4 is 43.6 Å². The number of thiazole rings is 1. The minimum atomic E-state index is -3.35. The van der Waals surface area contributed by atoms with Crippen LogP contribution in [0.3, 0.4) is 0 Å². The van der Waals surface area contributed by atoms with Crippen LogP contribution < -0.4 is 5.32 Å². The summed E-state index contributed by atoms with van der Waals surface area (Å²) in [6.07, 6.45) is 6.20. The van der Waals surface area contributed by atoms with E-state index in [2.05, 4.69) is 10.3 Å². The Morgan fingerprint density at radius 2 is 1.89 bits per heavy atom. The van der Waals surface area contributed by atoms with Gasteiger partial charge >= 0.3 is 0 Å². The summed E-state index contributed by atoms with van der Waals surface area (Å²) in [5.74, 6) is -0.189. The molecule has 1 heterocycles. The molecule has 6 nitrogen and oxygen atoms in total. The molecule has 28 heavy (non-hydrogen) atoms. The summed E-state index contributed by atoms with van der Waals surface area (Å²) in [6.45, 7) is 0. The molecular formula is C19H19FN2O4S2. The molecule has 1 aliphatic rings. The number of aromatic nitrogens is 1. The van der Waals surface area contributed by atoms with Crippen molar-refractivity contribution in [3.05, 3.63) is 47.2 Å². The molecule has 1 aromatic carbocycles. The van der Waals surface area contributed by atoms with Crippen molar-refractivity contribution in [1.82, 2.24) is 4.98 Å². The van der Waals surface area contributed by atoms with Crippen LogP contribution in [-0.4, -0.2) is 31.3 Å². The first-order valence-corrected chi connectivity index (χ1v) is 11.4. The van der Waals surface area contributed by atoms with Crippen LogP contribution in [0.2, 0.25) is 0 Å². The largest absolute Gasteiger partial charge is 0.300 e. The second-order valence-corrected chi connectivity index (χ2v) is 9.67. The molecule has 0 atom stereocenters. The number of anilines is 1. The number of halogens is 1. The fourth-order valence-corrected chi connectivity index (χ4v) is 4.20. The van der Waals surface area contributed by atoms with Gasteiger partial charge in [0.05, 0.1) is 11.1 Å². The number of rotatable bonds is 5. The van der Waals surface area contributed by atoms with Crippen molar-refractivity contribution < 1.29 is 22.4 Å². The van der Waals surface area contributed by atoms with Gasteiger partial charge in [-0.3, -0.25) is 14.9 Å². The van der Waals surface area contributed by atoms with Crippen LogP contribution in [0.1, 0.15) is 31.2 Å². The molecule has 0 radical (unpaired) electrons. The third kappa shape index (κ3) is 5.11. The van der Waals surface area contributed by atoms with Gasteiger partial charge in [0.1, 0.15) is 5.78 Å². The van der Waals surface area contributed by atoms with E-state index < -0.39 is 20.9 Å². The summed E-state index contributed by atoms with van der Waals surface area (Å²) < 4.78 is 36.5. The summed E-state index contributed by atoms with van der Waals surface area (Å²) >= 11 is 0.720. The molecule has 9 heteroatoms. The summed E-state index contributed by atoms with van der Waals surface area (Å²) in [7, 11) is -3.35. The van der Waals surface area contributed by atoms with E-state index in [-0.39, 0.29) is 21.7 Å². The number of benzene rings is 1. The van der Waals surface area contributed by atoms with Gasteiger partial charge in [0.15, 0.2) is 20.1 Å².